The Morgan fingerprint density at radius 1 is 1.17 bits per heavy atom. The molecular weight excluding hydrogens is 558 g/mol. The number of H-pyrrole nitrogens is 1. The molecule has 12 nitrogen and oxygen atoms in total. The van der Waals surface area contributed by atoms with Gasteiger partial charge < -0.3 is 19.9 Å². The van der Waals surface area contributed by atoms with Crippen molar-refractivity contribution in [2.24, 2.45) is 0 Å². The first-order valence-corrected chi connectivity index (χ1v) is 12.4. The highest BCUT2D eigenvalue weighted by Gasteiger charge is 2.33. The number of hydrogen-bond donors (Lipinski definition) is 2. The van der Waals surface area contributed by atoms with Gasteiger partial charge in [-0.1, -0.05) is 27.5 Å². The fourth-order valence-corrected chi connectivity index (χ4v) is 5.21. The lowest BCUT2D eigenvalue weighted by molar-refractivity contribution is -0.384. The zero-order chi connectivity index (χ0) is 25.4. The third-order valence-corrected chi connectivity index (χ3v) is 7.01. The number of pyridine rings is 1. The number of amides is 2. The van der Waals surface area contributed by atoms with Gasteiger partial charge in [0.05, 0.1) is 40.8 Å². The number of hydrogen-bond acceptors (Lipinski definition) is 8. The van der Waals surface area contributed by atoms with E-state index in [1.165, 1.54) is 18.5 Å². The van der Waals surface area contributed by atoms with Gasteiger partial charge in [-0.2, -0.15) is 5.10 Å². The molecule has 2 saturated heterocycles. The van der Waals surface area contributed by atoms with Crippen molar-refractivity contribution in [1.82, 2.24) is 25.0 Å². The summed E-state index contributed by atoms with van der Waals surface area (Å²) >= 11 is 9.49. The average Bonchev–Trinajstić information content (AvgIpc) is 3.51. The molecule has 4 heterocycles. The molecule has 0 spiro atoms. The Morgan fingerprint density at radius 3 is 2.67 bits per heavy atom. The molecule has 14 heteroatoms. The van der Waals surface area contributed by atoms with Crippen molar-refractivity contribution in [3.63, 3.8) is 0 Å². The molecule has 188 valence electrons. The Hall–Kier alpha value is -3.29. The van der Waals surface area contributed by atoms with Crippen LogP contribution in [0.1, 0.15) is 27.1 Å². The minimum Gasteiger partial charge on any atom is -0.378 e. The van der Waals surface area contributed by atoms with Crippen LogP contribution in [0.3, 0.4) is 0 Å². The zero-order valence-corrected chi connectivity index (χ0v) is 21.2. The summed E-state index contributed by atoms with van der Waals surface area (Å²) in [7, 11) is 0. The van der Waals surface area contributed by atoms with Gasteiger partial charge in [-0.3, -0.25) is 29.8 Å². The van der Waals surface area contributed by atoms with Gasteiger partial charge >= 0.3 is 0 Å². The second-order valence-corrected chi connectivity index (χ2v) is 9.80. The maximum atomic E-state index is 13.3. The van der Waals surface area contributed by atoms with E-state index in [0.717, 1.165) is 0 Å². The van der Waals surface area contributed by atoms with E-state index >= 15 is 0 Å². The van der Waals surface area contributed by atoms with Crippen molar-refractivity contribution in [2.45, 2.75) is 12.5 Å². The maximum absolute atomic E-state index is 13.3. The first-order chi connectivity index (χ1) is 17.3. The van der Waals surface area contributed by atoms with Crippen LogP contribution >= 0.6 is 27.5 Å². The monoisotopic (exact) mass is 577 g/mol. The number of anilines is 1. The number of carbonyl (C=O) groups excluding carboxylic acids is 2. The summed E-state index contributed by atoms with van der Waals surface area (Å²) in [4.78, 5) is 45.3. The van der Waals surface area contributed by atoms with Crippen molar-refractivity contribution < 1.29 is 19.2 Å². The number of aromatic nitrogens is 3. The summed E-state index contributed by atoms with van der Waals surface area (Å²) in [5.41, 5.74) is 0.925. The molecule has 3 aromatic rings. The molecule has 2 aliphatic heterocycles. The van der Waals surface area contributed by atoms with Crippen LogP contribution < -0.4 is 5.32 Å². The van der Waals surface area contributed by atoms with E-state index < -0.39 is 4.92 Å². The minimum absolute atomic E-state index is 0.139. The number of nitrogens with one attached hydrogen (secondary N) is 2. The zero-order valence-electron chi connectivity index (χ0n) is 18.9. The molecule has 1 unspecified atom stereocenters. The lowest BCUT2D eigenvalue weighted by atomic mass is 10.1. The van der Waals surface area contributed by atoms with Gasteiger partial charge in [-0.15, -0.1) is 0 Å². The highest BCUT2D eigenvalue weighted by molar-refractivity contribution is 9.10. The molecule has 0 aliphatic carbocycles. The van der Waals surface area contributed by atoms with E-state index in [2.05, 4.69) is 36.4 Å². The number of likely N-dealkylation sites (tertiary alicyclic amines) is 1. The molecule has 0 radical (unpaired) electrons. The molecule has 36 heavy (non-hydrogen) atoms. The van der Waals surface area contributed by atoms with E-state index in [1.54, 1.807) is 15.9 Å². The van der Waals surface area contributed by atoms with Crippen molar-refractivity contribution in [3.8, 4) is 0 Å². The minimum atomic E-state index is -0.520. The van der Waals surface area contributed by atoms with E-state index in [4.69, 9.17) is 16.3 Å². The number of halogens is 2. The predicted molar refractivity (Wildman–Crippen MR) is 134 cm³/mol. The van der Waals surface area contributed by atoms with Crippen molar-refractivity contribution >= 4 is 61.6 Å². The van der Waals surface area contributed by atoms with E-state index in [1.807, 2.05) is 0 Å². The van der Waals surface area contributed by atoms with Crippen LogP contribution in [0.25, 0.3) is 10.9 Å². The Morgan fingerprint density at radius 2 is 1.92 bits per heavy atom. The third kappa shape index (κ3) is 4.61. The molecule has 5 rings (SSSR count). The summed E-state index contributed by atoms with van der Waals surface area (Å²) in [5.74, 6) is -0.584. The summed E-state index contributed by atoms with van der Waals surface area (Å²) < 4.78 is 5.75. The quantitative estimate of drug-likeness (QED) is 0.347. The van der Waals surface area contributed by atoms with Crippen LogP contribution in [0.5, 0.6) is 0 Å². The van der Waals surface area contributed by atoms with E-state index in [0.29, 0.717) is 60.2 Å². The summed E-state index contributed by atoms with van der Waals surface area (Å²) in [6.07, 6.45) is 3.50. The number of aromatic amines is 1. The van der Waals surface area contributed by atoms with E-state index in [9.17, 15) is 19.7 Å². The molecule has 2 fully saturated rings. The number of ether oxygens (including phenoxy) is 1. The van der Waals surface area contributed by atoms with Crippen LogP contribution in [-0.4, -0.2) is 87.2 Å². The van der Waals surface area contributed by atoms with E-state index in [-0.39, 0.29) is 46.5 Å². The third-order valence-electron chi connectivity index (χ3n) is 6.28. The second-order valence-electron chi connectivity index (χ2n) is 8.51. The molecule has 0 saturated carbocycles. The van der Waals surface area contributed by atoms with Gasteiger partial charge in [-0.25, -0.2) is 0 Å². The maximum Gasteiger partial charge on any atom is 0.294 e. The fraction of sp³-hybridized carbons (Fsp3) is 0.364. The first kappa shape index (κ1) is 24.4. The van der Waals surface area contributed by atoms with Crippen LogP contribution in [0.15, 0.2) is 29.0 Å². The number of carbonyl (C=O) groups is 2. The van der Waals surface area contributed by atoms with Crippen LogP contribution in [0.4, 0.5) is 11.4 Å². The highest BCUT2D eigenvalue weighted by atomic mass is 79.9. The van der Waals surface area contributed by atoms with Crippen LogP contribution in [0, 0.1) is 10.1 Å². The number of fused-ring (bicyclic) bond motifs is 1. The summed E-state index contributed by atoms with van der Waals surface area (Å²) in [6.45, 7) is 2.32. The Kier molecular flexibility index (Phi) is 6.77. The standard InChI is InChI=1S/C22H21BrClN7O5/c23-12-7-14(21(32)29-3-5-36-6-4-29)19(17(8-12)31(34)35)26-13-1-2-30(11-13)22(33)15-9-25-10-16-18(15)20(24)28-27-16/h7-10,13,26H,1-6,11H2,(H,27,28). The molecule has 1 aromatic carbocycles. The number of benzene rings is 1. The van der Waals surface area contributed by atoms with Gasteiger partial charge in [-0.05, 0) is 12.5 Å². The van der Waals surface area contributed by atoms with Crippen LogP contribution in [-0.2, 0) is 4.74 Å². The van der Waals surface area contributed by atoms with Gasteiger partial charge in [0.1, 0.15) is 16.4 Å². The SMILES string of the molecule is O=C(c1cc(Br)cc([N+](=O)[O-])c1NC1CCN(C(=O)c2cncc3n[nH]c(Cl)c23)C1)N1CCOCC1. The highest BCUT2D eigenvalue weighted by Crippen LogP contribution is 2.35. The Bertz CT molecular complexity index is 1360. The second kappa shape index (κ2) is 9.99. The average molecular weight is 579 g/mol. The fourth-order valence-electron chi connectivity index (χ4n) is 4.52. The molecule has 2 amide bonds. The smallest absolute Gasteiger partial charge is 0.294 e. The van der Waals surface area contributed by atoms with Gasteiger partial charge in [0.25, 0.3) is 17.5 Å². The molecule has 1 atom stereocenters. The number of nitrogens with zero attached hydrogens (tertiary/aromatic N) is 5. The lowest BCUT2D eigenvalue weighted by Crippen LogP contribution is -2.41. The number of nitro benzene ring substituents is 1. The lowest BCUT2D eigenvalue weighted by Gasteiger charge is -2.28. The number of rotatable bonds is 5. The van der Waals surface area contributed by atoms with Crippen LogP contribution in [0.2, 0.25) is 5.15 Å². The molecular formula is C22H21BrClN7O5. The van der Waals surface area contributed by atoms with Gasteiger partial charge in [0.15, 0.2) is 0 Å². The molecule has 0 bridgehead atoms. The van der Waals surface area contributed by atoms with Gasteiger partial charge in [0.2, 0.25) is 0 Å². The van der Waals surface area contributed by atoms with Gasteiger partial charge in [0, 0.05) is 49.0 Å². The Labute approximate surface area is 218 Å². The summed E-state index contributed by atoms with van der Waals surface area (Å²) in [5, 5.41) is 22.5. The number of nitro groups is 1. The molecule has 2 aliphatic rings. The predicted octanol–water partition coefficient (Wildman–Crippen LogP) is 3.08. The largest absolute Gasteiger partial charge is 0.378 e. The summed E-state index contributed by atoms with van der Waals surface area (Å²) in [6, 6.07) is 2.64. The molecule has 2 aromatic heterocycles. The topological polar surface area (TPSA) is 147 Å². The normalized spacial score (nSPS) is 18.0. The number of morpholine rings is 1. The first-order valence-electron chi connectivity index (χ1n) is 11.2. The van der Waals surface area contributed by atoms with Crippen molar-refractivity contribution in [3.05, 3.63) is 55.4 Å². The Balaban J connectivity index is 1.40. The van der Waals surface area contributed by atoms with Crippen molar-refractivity contribution in [2.75, 3.05) is 44.7 Å². The molecule has 2 N–H and O–H groups in total. The van der Waals surface area contributed by atoms with Crippen molar-refractivity contribution in [1.29, 1.82) is 0 Å².